The zero-order valence-electron chi connectivity index (χ0n) is 18.1. The molecule has 1 amide bonds. The van der Waals surface area contributed by atoms with E-state index in [4.69, 9.17) is 19.3 Å². The molecule has 0 aromatic rings. The summed E-state index contributed by atoms with van der Waals surface area (Å²) in [5.41, 5.74) is -0.738. The molecule has 0 aliphatic carbocycles. The molecule has 30 heavy (non-hydrogen) atoms. The molecule has 0 saturated carbocycles. The maximum Gasteiger partial charge on any atom is 0.408 e. The monoisotopic (exact) mass is 435 g/mol. The van der Waals surface area contributed by atoms with Crippen LogP contribution in [0.25, 0.3) is 0 Å². The van der Waals surface area contributed by atoms with Gasteiger partial charge in [-0.05, 0) is 33.6 Å². The van der Waals surface area contributed by atoms with Gasteiger partial charge in [-0.15, -0.1) is 0 Å². The molecule has 0 aromatic carbocycles. The Morgan fingerprint density at radius 2 is 1.60 bits per heavy atom. The number of carbonyl (C=O) groups is 2. The molecule has 5 atom stereocenters. The molecule has 0 spiro atoms. The van der Waals surface area contributed by atoms with Gasteiger partial charge >= 0.3 is 12.1 Å². The normalized spacial score (nSPS) is 26.9. The van der Waals surface area contributed by atoms with Gasteiger partial charge < -0.3 is 40.0 Å². The number of carboxylic acids is 1. The van der Waals surface area contributed by atoms with Gasteiger partial charge in [-0.3, -0.25) is 4.79 Å². The highest BCUT2D eigenvalue weighted by Crippen LogP contribution is 2.23. The molecule has 0 bridgehead atoms. The van der Waals surface area contributed by atoms with Crippen LogP contribution in [0.5, 0.6) is 0 Å². The minimum absolute atomic E-state index is 0.189. The first-order chi connectivity index (χ1) is 14.0. The Balaban J connectivity index is 2.47. The van der Waals surface area contributed by atoms with Crippen molar-refractivity contribution in [2.24, 2.45) is 0 Å². The van der Waals surface area contributed by atoms with Gasteiger partial charge in [-0.25, -0.2) is 4.79 Å². The Kier molecular flexibility index (Phi) is 11.6. The van der Waals surface area contributed by atoms with E-state index in [9.17, 15) is 24.9 Å². The van der Waals surface area contributed by atoms with Gasteiger partial charge in [0.25, 0.3) is 0 Å². The highest BCUT2D eigenvalue weighted by molar-refractivity contribution is 5.68. The third-order valence-electron chi connectivity index (χ3n) is 4.63. The average molecular weight is 436 g/mol. The van der Waals surface area contributed by atoms with Crippen molar-refractivity contribution in [1.29, 1.82) is 0 Å². The lowest BCUT2D eigenvalue weighted by atomic mass is 9.97. The van der Waals surface area contributed by atoms with Crippen molar-refractivity contribution < 1.29 is 44.2 Å². The minimum Gasteiger partial charge on any atom is -0.481 e. The number of ether oxygens (including phenoxy) is 3. The van der Waals surface area contributed by atoms with Crippen molar-refractivity contribution in [1.82, 2.24) is 5.32 Å². The molecular formula is C20H37NO9. The van der Waals surface area contributed by atoms with Gasteiger partial charge in [0.1, 0.15) is 30.0 Å². The van der Waals surface area contributed by atoms with E-state index in [1.165, 1.54) is 0 Å². The number of aliphatic hydroxyl groups is 3. The van der Waals surface area contributed by atoms with Gasteiger partial charge in [-0.1, -0.05) is 25.7 Å². The van der Waals surface area contributed by atoms with E-state index in [1.54, 1.807) is 20.8 Å². The molecule has 1 fully saturated rings. The van der Waals surface area contributed by atoms with Crippen LogP contribution in [0.15, 0.2) is 0 Å². The number of hydrogen-bond donors (Lipinski definition) is 5. The zero-order chi connectivity index (χ0) is 22.7. The number of carbonyl (C=O) groups excluding carboxylic acids is 1. The number of aliphatic carboxylic acids is 1. The lowest BCUT2D eigenvalue weighted by molar-refractivity contribution is -0.269. The summed E-state index contributed by atoms with van der Waals surface area (Å²) in [6.45, 7) is 4.90. The molecule has 5 N–H and O–H groups in total. The Bertz CT molecular complexity index is 523. The second-order valence-corrected chi connectivity index (χ2v) is 8.51. The highest BCUT2D eigenvalue weighted by Gasteiger charge is 2.46. The topological polar surface area (TPSA) is 155 Å². The molecular weight excluding hydrogens is 398 g/mol. The number of amides is 1. The van der Waals surface area contributed by atoms with Crippen molar-refractivity contribution in [3.63, 3.8) is 0 Å². The number of hydrogen-bond acceptors (Lipinski definition) is 8. The van der Waals surface area contributed by atoms with Crippen molar-refractivity contribution in [3.05, 3.63) is 0 Å². The Morgan fingerprint density at radius 3 is 2.17 bits per heavy atom. The summed E-state index contributed by atoms with van der Waals surface area (Å²) in [5.74, 6) is -0.779. The number of nitrogens with one attached hydrogen (secondary N) is 1. The fourth-order valence-electron chi connectivity index (χ4n) is 3.11. The fraction of sp³-hybridized carbons (Fsp3) is 0.900. The summed E-state index contributed by atoms with van der Waals surface area (Å²) < 4.78 is 16.4. The number of unbranched alkanes of at least 4 members (excludes halogenated alkanes) is 5. The van der Waals surface area contributed by atoms with Gasteiger partial charge in [0.05, 0.1) is 6.61 Å². The lowest BCUT2D eigenvalue weighted by Crippen LogP contribution is -2.65. The average Bonchev–Trinajstić information content (AvgIpc) is 2.63. The van der Waals surface area contributed by atoms with E-state index in [2.05, 4.69) is 5.32 Å². The molecule has 1 aliphatic rings. The first-order valence-electron chi connectivity index (χ1n) is 10.5. The second kappa shape index (κ2) is 13.1. The molecule has 1 aliphatic heterocycles. The summed E-state index contributed by atoms with van der Waals surface area (Å²) in [6, 6.07) is -1.06. The van der Waals surface area contributed by atoms with Crippen molar-refractivity contribution in [2.75, 3.05) is 13.2 Å². The Morgan fingerprint density at radius 1 is 1.00 bits per heavy atom. The maximum atomic E-state index is 12.1. The summed E-state index contributed by atoms with van der Waals surface area (Å²) >= 11 is 0. The summed E-state index contributed by atoms with van der Waals surface area (Å²) in [5, 5.41) is 40.9. The maximum absolute atomic E-state index is 12.1. The van der Waals surface area contributed by atoms with Gasteiger partial charge in [-0.2, -0.15) is 0 Å². The van der Waals surface area contributed by atoms with E-state index in [1.807, 2.05) is 0 Å². The molecule has 10 heteroatoms. The van der Waals surface area contributed by atoms with E-state index in [0.717, 1.165) is 25.7 Å². The van der Waals surface area contributed by atoms with Crippen LogP contribution in [-0.4, -0.2) is 81.9 Å². The van der Waals surface area contributed by atoms with Gasteiger partial charge in [0.15, 0.2) is 6.29 Å². The predicted octanol–water partition coefficient (Wildman–Crippen LogP) is 1.15. The van der Waals surface area contributed by atoms with Gasteiger partial charge in [0.2, 0.25) is 0 Å². The van der Waals surface area contributed by atoms with E-state index < -0.39 is 54.9 Å². The molecule has 1 heterocycles. The Labute approximate surface area is 177 Å². The fourth-order valence-corrected chi connectivity index (χ4v) is 3.11. The summed E-state index contributed by atoms with van der Waals surface area (Å²) in [4.78, 5) is 22.6. The Hall–Kier alpha value is -1.46. The molecule has 0 aromatic heterocycles. The smallest absolute Gasteiger partial charge is 0.408 e. The molecule has 0 radical (unpaired) electrons. The van der Waals surface area contributed by atoms with E-state index in [0.29, 0.717) is 19.4 Å². The second-order valence-electron chi connectivity index (χ2n) is 8.51. The van der Waals surface area contributed by atoms with Gasteiger partial charge in [0, 0.05) is 13.0 Å². The van der Waals surface area contributed by atoms with E-state index in [-0.39, 0.29) is 6.42 Å². The highest BCUT2D eigenvalue weighted by atomic mass is 16.7. The largest absolute Gasteiger partial charge is 0.481 e. The number of aliphatic hydroxyl groups excluding tert-OH is 3. The van der Waals surface area contributed by atoms with Crippen LogP contribution in [0.3, 0.4) is 0 Å². The van der Waals surface area contributed by atoms with Crippen LogP contribution in [0.4, 0.5) is 4.79 Å². The standard InChI is InChI=1S/C20H37NO9/c1-20(2,3)30-19(27)21-15-17(26)16(25)13(12-22)29-18(15)28-11-9-7-5-4-6-8-10-14(23)24/h13,15-18,22,25-26H,4-12H2,1-3H3,(H,21,27)(H,23,24)/t13-,15-,16-,17-,18+/m1/s1. The van der Waals surface area contributed by atoms with Crippen LogP contribution < -0.4 is 5.32 Å². The summed E-state index contributed by atoms with van der Waals surface area (Å²) in [7, 11) is 0. The molecule has 1 rings (SSSR count). The van der Waals surface area contributed by atoms with Crippen LogP contribution in [0.2, 0.25) is 0 Å². The number of rotatable bonds is 12. The van der Waals surface area contributed by atoms with Crippen LogP contribution in [0, 0.1) is 0 Å². The first kappa shape index (κ1) is 26.6. The number of alkyl carbamates (subject to hydrolysis) is 1. The van der Waals surface area contributed by atoms with Crippen LogP contribution in [-0.2, 0) is 19.0 Å². The van der Waals surface area contributed by atoms with Crippen LogP contribution >= 0.6 is 0 Å². The van der Waals surface area contributed by atoms with Crippen molar-refractivity contribution in [3.8, 4) is 0 Å². The molecule has 10 nitrogen and oxygen atoms in total. The van der Waals surface area contributed by atoms with E-state index >= 15 is 0 Å². The minimum atomic E-state index is -1.40. The molecule has 1 saturated heterocycles. The van der Waals surface area contributed by atoms with Crippen LogP contribution in [0.1, 0.15) is 65.7 Å². The molecule has 176 valence electrons. The predicted molar refractivity (Wildman–Crippen MR) is 107 cm³/mol. The first-order valence-corrected chi connectivity index (χ1v) is 10.5. The van der Waals surface area contributed by atoms with Crippen molar-refractivity contribution >= 4 is 12.1 Å². The van der Waals surface area contributed by atoms with Crippen molar-refractivity contribution in [2.45, 2.75) is 102 Å². The zero-order valence-corrected chi connectivity index (χ0v) is 18.1. The third kappa shape index (κ3) is 10.0. The SMILES string of the molecule is CC(C)(C)OC(=O)N[C@H]1[C@@H](OCCCCCCCCC(=O)O)O[C@H](CO)[C@@H](O)[C@@H]1O. The summed E-state index contributed by atoms with van der Waals surface area (Å²) in [6.07, 6.45) is -0.469. The number of carboxylic acid groups (broad SMARTS) is 1. The quantitative estimate of drug-likeness (QED) is 0.284. The molecule has 0 unspecified atom stereocenters. The lowest BCUT2D eigenvalue weighted by Gasteiger charge is -2.42. The third-order valence-corrected chi connectivity index (χ3v) is 4.63.